The van der Waals surface area contributed by atoms with Crippen LogP contribution in [0.25, 0.3) is 0 Å². The van der Waals surface area contributed by atoms with Gasteiger partial charge >= 0.3 is 0 Å². The Morgan fingerprint density at radius 2 is 2.00 bits per heavy atom. The van der Waals surface area contributed by atoms with E-state index in [1.165, 1.54) is 12.8 Å². The van der Waals surface area contributed by atoms with Gasteiger partial charge in [0.15, 0.2) is 0 Å². The summed E-state index contributed by atoms with van der Waals surface area (Å²) in [6.45, 7) is 1.16. The molecule has 0 heterocycles. The van der Waals surface area contributed by atoms with Gasteiger partial charge in [0.05, 0.1) is 0 Å². The van der Waals surface area contributed by atoms with Crippen LogP contribution in [0.4, 0.5) is 0 Å². The highest BCUT2D eigenvalue weighted by Crippen LogP contribution is 2.24. The number of nitrogens with two attached hydrogens (primary N) is 1. The lowest BCUT2D eigenvalue weighted by atomic mass is 10.1. The summed E-state index contributed by atoms with van der Waals surface area (Å²) in [6.07, 6.45) is 4.55. The van der Waals surface area contributed by atoms with E-state index < -0.39 is 0 Å². The fraction of sp³-hybridized carbons (Fsp3) is 0.875. The average Bonchev–Trinajstić information content (AvgIpc) is 2.52. The third-order valence-corrected chi connectivity index (χ3v) is 2.17. The van der Waals surface area contributed by atoms with Crippen molar-refractivity contribution >= 4 is 18.3 Å². The summed E-state index contributed by atoms with van der Waals surface area (Å²) in [5.41, 5.74) is 5.26. The van der Waals surface area contributed by atoms with Crippen LogP contribution in [0.15, 0.2) is 0 Å². The van der Waals surface area contributed by atoms with E-state index in [1.54, 1.807) is 0 Å². The molecule has 1 aliphatic rings. The zero-order valence-electron chi connectivity index (χ0n) is 7.21. The molecule has 1 aliphatic carbocycles. The number of carbonyl (C=O) groups is 1. The van der Waals surface area contributed by atoms with Gasteiger partial charge in [-0.2, -0.15) is 0 Å². The molecular formula is C8H17ClN2O. The molecule has 0 aromatic rings. The van der Waals surface area contributed by atoms with Crippen molar-refractivity contribution in [3.05, 3.63) is 0 Å². The van der Waals surface area contributed by atoms with Gasteiger partial charge in [-0.25, -0.2) is 0 Å². The van der Waals surface area contributed by atoms with Crippen LogP contribution >= 0.6 is 12.4 Å². The van der Waals surface area contributed by atoms with Crippen molar-refractivity contribution in [2.45, 2.75) is 25.7 Å². The Morgan fingerprint density at radius 1 is 1.42 bits per heavy atom. The predicted molar refractivity (Wildman–Crippen MR) is 51.3 cm³/mol. The number of carbonyl (C=O) groups excluding carboxylic acids is 1. The van der Waals surface area contributed by atoms with Crippen molar-refractivity contribution in [3.63, 3.8) is 0 Å². The first-order valence-corrected chi connectivity index (χ1v) is 4.32. The SMILES string of the molecule is Cl.NCCNC(=O)C1CCCC1. The highest BCUT2D eigenvalue weighted by molar-refractivity contribution is 5.85. The minimum Gasteiger partial charge on any atom is -0.355 e. The monoisotopic (exact) mass is 192 g/mol. The Balaban J connectivity index is 0.00000121. The lowest BCUT2D eigenvalue weighted by molar-refractivity contribution is -0.124. The second-order valence-corrected chi connectivity index (χ2v) is 3.06. The van der Waals surface area contributed by atoms with Crippen LogP contribution in [0.2, 0.25) is 0 Å². The van der Waals surface area contributed by atoms with Crippen LogP contribution in [0.5, 0.6) is 0 Å². The Kier molecular flexibility index (Phi) is 6.11. The van der Waals surface area contributed by atoms with E-state index in [2.05, 4.69) is 5.32 Å². The van der Waals surface area contributed by atoms with Gasteiger partial charge in [0.1, 0.15) is 0 Å². The molecule has 0 aromatic heterocycles. The minimum absolute atomic E-state index is 0. The van der Waals surface area contributed by atoms with E-state index in [0.29, 0.717) is 13.1 Å². The van der Waals surface area contributed by atoms with E-state index in [1.807, 2.05) is 0 Å². The summed E-state index contributed by atoms with van der Waals surface area (Å²) in [7, 11) is 0. The molecule has 1 rings (SSSR count). The zero-order chi connectivity index (χ0) is 8.10. The minimum atomic E-state index is 0. The molecule has 1 saturated carbocycles. The number of rotatable bonds is 3. The molecule has 1 fully saturated rings. The fourth-order valence-corrected chi connectivity index (χ4v) is 1.53. The molecule has 0 radical (unpaired) electrons. The van der Waals surface area contributed by atoms with Gasteiger partial charge in [-0.15, -0.1) is 12.4 Å². The molecule has 3 nitrogen and oxygen atoms in total. The maximum absolute atomic E-state index is 11.2. The molecule has 4 heteroatoms. The van der Waals surface area contributed by atoms with E-state index in [4.69, 9.17) is 5.73 Å². The van der Waals surface area contributed by atoms with Crippen molar-refractivity contribution in [3.8, 4) is 0 Å². The van der Waals surface area contributed by atoms with E-state index in [-0.39, 0.29) is 24.2 Å². The lowest BCUT2D eigenvalue weighted by Gasteiger charge is -2.08. The molecule has 0 spiro atoms. The summed E-state index contributed by atoms with van der Waals surface area (Å²) in [4.78, 5) is 11.2. The predicted octanol–water partition coefficient (Wildman–Crippen LogP) is 0.673. The maximum atomic E-state index is 11.2. The third kappa shape index (κ3) is 3.41. The van der Waals surface area contributed by atoms with Gasteiger partial charge in [0.25, 0.3) is 0 Å². The molecule has 0 aliphatic heterocycles. The number of amides is 1. The molecule has 3 N–H and O–H groups in total. The highest BCUT2D eigenvalue weighted by atomic mass is 35.5. The first-order chi connectivity index (χ1) is 5.34. The number of nitrogens with one attached hydrogen (secondary N) is 1. The molecule has 72 valence electrons. The van der Waals surface area contributed by atoms with Crippen molar-refractivity contribution < 1.29 is 4.79 Å². The van der Waals surface area contributed by atoms with Gasteiger partial charge in [-0.3, -0.25) is 4.79 Å². The van der Waals surface area contributed by atoms with Crippen molar-refractivity contribution in [2.24, 2.45) is 11.7 Å². The number of halogens is 1. The van der Waals surface area contributed by atoms with Gasteiger partial charge < -0.3 is 11.1 Å². The summed E-state index contributed by atoms with van der Waals surface area (Å²) in [5.74, 6) is 0.481. The van der Waals surface area contributed by atoms with Crippen LogP contribution in [0.3, 0.4) is 0 Å². The second kappa shape index (κ2) is 6.26. The Labute approximate surface area is 79.5 Å². The van der Waals surface area contributed by atoms with Crippen LogP contribution in [-0.2, 0) is 4.79 Å². The molecule has 1 amide bonds. The first kappa shape index (κ1) is 11.7. The largest absolute Gasteiger partial charge is 0.355 e. The smallest absolute Gasteiger partial charge is 0.223 e. The van der Waals surface area contributed by atoms with Crippen LogP contribution in [-0.4, -0.2) is 19.0 Å². The van der Waals surface area contributed by atoms with Crippen LogP contribution in [0, 0.1) is 5.92 Å². The zero-order valence-corrected chi connectivity index (χ0v) is 8.03. The Bertz CT molecular complexity index is 135. The fourth-order valence-electron chi connectivity index (χ4n) is 1.53. The quantitative estimate of drug-likeness (QED) is 0.691. The number of hydrogen-bond donors (Lipinski definition) is 2. The van der Waals surface area contributed by atoms with Crippen LogP contribution in [0.1, 0.15) is 25.7 Å². The maximum Gasteiger partial charge on any atom is 0.223 e. The van der Waals surface area contributed by atoms with Gasteiger partial charge in [-0.05, 0) is 12.8 Å². The second-order valence-electron chi connectivity index (χ2n) is 3.06. The highest BCUT2D eigenvalue weighted by Gasteiger charge is 2.21. The molecule has 0 atom stereocenters. The van der Waals surface area contributed by atoms with Crippen molar-refractivity contribution in [1.82, 2.24) is 5.32 Å². The molecule has 0 aromatic carbocycles. The third-order valence-electron chi connectivity index (χ3n) is 2.17. The topological polar surface area (TPSA) is 55.1 Å². The summed E-state index contributed by atoms with van der Waals surface area (Å²) < 4.78 is 0. The van der Waals surface area contributed by atoms with Gasteiger partial charge in [0, 0.05) is 19.0 Å². The Hall–Kier alpha value is -0.280. The standard InChI is InChI=1S/C8H16N2O.ClH/c9-5-6-10-8(11)7-3-1-2-4-7;/h7H,1-6,9H2,(H,10,11);1H. The molecule has 0 bridgehead atoms. The first-order valence-electron chi connectivity index (χ1n) is 4.32. The normalized spacial score (nSPS) is 17.1. The Morgan fingerprint density at radius 3 is 2.50 bits per heavy atom. The average molecular weight is 193 g/mol. The summed E-state index contributed by atoms with van der Waals surface area (Å²) in [6, 6.07) is 0. The number of hydrogen-bond acceptors (Lipinski definition) is 2. The molecular weight excluding hydrogens is 176 g/mol. The molecule has 0 saturated heterocycles. The molecule has 0 unspecified atom stereocenters. The molecule has 12 heavy (non-hydrogen) atoms. The lowest BCUT2D eigenvalue weighted by Crippen LogP contribution is -2.33. The summed E-state index contributed by atoms with van der Waals surface area (Å²) in [5, 5.41) is 2.81. The van der Waals surface area contributed by atoms with Crippen molar-refractivity contribution in [2.75, 3.05) is 13.1 Å². The summed E-state index contributed by atoms with van der Waals surface area (Å²) >= 11 is 0. The van der Waals surface area contributed by atoms with Gasteiger partial charge in [0.2, 0.25) is 5.91 Å². The van der Waals surface area contributed by atoms with Crippen LogP contribution < -0.4 is 11.1 Å². The van der Waals surface area contributed by atoms with Gasteiger partial charge in [-0.1, -0.05) is 12.8 Å². The van der Waals surface area contributed by atoms with E-state index in [9.17, 15) is 4.79 Å². The van der Waals surface area contributed by atoms with E-state index in [0.717, 1.165) is 12.8 Å². The van der Waals surface area contributed by atoms with Crippen molar-refractivity contribution in [1.29, 1.82) is 0 Å². The van der Waals surface area contributed by atoms with E-state index >= 15 is 0 Å².